The quantitative estimate of drug-likeness (QED) is 0.480. The van der Waals surface area contributed by atoms with Gasteiger partial charge >= 0.3 is 0 Å². The van der Waals surface area contributed by atoms with Crippen LogP contribution in [-0.4, -0.2) is 37.2 Å². The molecule has 0 spiro atoms. The standard InChI is InChI=1S/C24H24N2O7/c1-14(27)4-3-9-31-22-19(30-2)8-6-16-11-17(24(29)26-21(16)22)23(28)25-12-15-5-7-18-20(10-15)33-13-32-18/h5-8,10-11H,3-4,9,12-13H2,1-2H3,(H,25,28)(H,26,29). The molecule has 9 nitrogen and oxygen atoms in total. The number of Topliss-reactive ketones (excluding diaryl/α,β-unsaturated/α-hetero) is 1. The van der Waals surface area contributed by atoms with Crippen molar-refractivity contribution in [1.82, 2.24) is 10.3 Å². The Morgan fingerprint density at radius 1 is 1.12 bits per heavy atom. The number of ketones is 1. The van der Waals surface area contributed by atoms with E-state index in [9.17, 15) is 14.4 Å². The van der Waals surface area contributed by atoms with Gasteiger partial charge in [-0.1, -0.05) is 6.07 Å². The van der Waals surface area contributed by atoms with Gasteiger partial charge in [0.05, 0.1) is 19.2 Å². The number of hydrogen-bond acceptors (Lipinski definition) is 7. The minimum atomic E-state index is -0.549. The van der Waals surface area contributed by atoms with E-state index in [0.29, 0.717) is 46.7 Å². The van der Waals surface area contributed by atoms with Crippen LogP contribution in [0.5, 0.6) is 23.0 Å². The number of rotatable bonds is 9. The molecule has 0 unspecified atom stereocenters. The summed E-state index contributed by atoms with van der Waals surface area (Å²) in [6, 6.07) is 10.3. The lowest BCUT2D eigenvalue weighted by Crippen LogP contribution is -2.29. The van der Waals surface area contributed by atoms with Crippen molar-refractivity contribution in [2.24, 2.45) is 0 Å². The molecule has 172 valence electrons. The third kappa shape index (κ3) is 4.92. The predicted octanol–water partition coefficient (Wildman–Crippen LogP) is 2.94. The smallest absolute Gasteiger partial charge is 0.261 e. The van der Waals surface area contributed by atoms with Crippen LogP contribution in [0, 0.1) is 0 Å². The number of H-pyrrole nitrogens is 1. The molecular formula is C24H24N2O7. The summed E-state index contributed by atoms with van der Waals surface area (Å²) in [6.45, 7) is 2.20. The summed E-state index contributed by atoms with van der Waals surface area (Å²) >= 11 is 0. The van der Waals surface area contributed by atoms with E-state index in [1.54, 1.807) is 24.3 Å². The van der Waals surface area contributed by atoms with Crippen molar-refractivity contribution in [3.05, 3.63) is 57.9 Å². The van der Waals surface area contributed by atoms with Gasteiger partial charge < -0.3 is 34.0 Å². The number of pyridine rings is 1. The molecule has 3 aromatic rings. The highest BCUT2D eigenvalue weighted by atomic mass is 16.7. The molecule has 9 heteroatoms. The molecule has 0 saturated heterocycles. The van der Waals surface area contributed by atoms with Crippen molar-refractivity contribution in [1.29, 1.82) is 0 Å². The summed E-state index contributed by atoms with van der Waals surface area (Å²) in [7, 11) is 1.50. The van der Waals surface area contributed by atoms with Crippen LogP contribution in [0.4, 0.5) is 0 Å². The van der Waals surface area contributed by atoms with Gasteiger partial charge in [-0.05, 0) is 49.2 Å². The first kappa shape index (κ1) is 22.2. The Hall–Kier alpha value is -4.01. The van der Waals surface area contributed by atoms with Crippen LogP contribution in [0.2, 0.25) is 0 Å². The fourth-order valence-corrected chi connectivity index (χ4v) is 3.53. The SMILES string of the molecule is COc1ccc2cc(C(=O)NCc3ccc4c(c3)OCO4)c(=O)[nH]c2c1OCCCC(C)=O. The first-order chi connectivity index (χ1) is 16.0. The van der Waals surface area contributed by atoms with Crippen LogP contribution in [0.15, 0.2) is 41.2 Å². The molecule has 1 aromatic heterocycles. The highest BCUT2D eigenvalue weighted by Gasteiger charge is 2.18. The Balaban J connectivity index is 1.53. The van der Waals surface area contributed by atoms with E-state index in [1.165, 1.54) is 20.1 Å². The molecular weight excluding hydrogens is 428 g/mol. The summed E-state index contributed by atoms with van der Waals surface area (Å²) in [5, 5.41) is 3.37. The molecule has 0 saturated carbocycles. The van der Waals surface area contributed by atoms with Crippen LogP contribution < -0.4 is 29.8 Å². The molecule has 0 fully saturated rings. The number of amides is 1. The molecule has 0 radical (unpaired) electrons. The van der Waals surface area contributed by atoms with Gasteiger partial charge in [0, 0.05) is 18.4 Å². The predicted molar refractivity (Wildman–Crippen MR) is 120 cm³/mol. The second-order valence-corrected chi connectivity index (χ2v) is 7.60. The number of methoxy groups -OCH3 is 1. The average molecular weight is 452 g/mol. The zero-order valence-corrected chi connectivity index (χ0v) is 18.4. The van der Waals surface area contributed by atoms with Crippen molar-refractivity contribution >= 4 is 22.6 Å². The van der Waals surface area contributed by atoms with E-state index in [0.717, 1.165) is 5.56 Å². The first-order valence-electron chi connectivity index (χ1n) is 10.5. The van der Waals surface area contributed by atoms with Crippen molar-refractivity contribution in [2.75, 3.05) is 20.5 Å². The zero-order valence-electron chi connectivity index (χ0n) is 18.4. The highest BCUT2D eigenvalue weighted by molar-refractivity contribution is 5.98. The number of fused-ring (bicyclic) bond motifs is 2. The third-order valence-corrected chi connectivity index (χ3v) is 5.21. The van der Waals surface area contributed by atoms with Gasteiger partial charge in [0.1, 0.15) is 11.3 Å². The number of nitrogens with one attached hydrogen (secondary N) is 2. The maximum absolute atomic E-state index is 12.7. The van der Waals surface area contributed by atoms with E-state index < -0.39 is 11.5 Å². The number of benzene rings is 2. The van der Waals surface area contributed by atoms with E-state index in [1.807, 2.05) is 6.07 Å². The molecule has 2 heterocycles. The van der Waals surface area contributed by atoms with Crippen LogP contribution in [0.1, 0.15) is 35.7 Å². The Morgan fingerprint density at radius 2 is 1.94 bits per heavy atom. The second-order valence-electron chi connectivity index (χ2n) is 7.60. The van der Waals surface area contributed by atoms with Crippen LogP contribution in [0.25, 0.3) is 10.9 Å². The van der Waals surface area contributed by atoms with Crippen LogP contribution in [-0.2, 0) is 11.3 Å². The summed E-state index contributed by atoms with van der Waals surface area (Å²) in [4.78, 5) is 39.3. The van der Waals surface area contributed by atoms with E-state index in [-0.39, 0.29) is 31.3 Å². The molecule has 33 heavy (non-hydrogen) atoms. The maximum Gasteiger partial charge on any atom is 0.261 e. The van der Waals surface area contributed by atoms with Gasteiger partial charge in [-0.15, -0.1) is 0 Å². The van der Waals surface area contributed by atoms with Gasteiger partial charge in [-0.2, -0.15) is 0 Å². The van der Waals surface area contributed by atoms with Gasteiger partial charge in [0.2, 0.25) is 6.79 Å². The highest BCUT2D eigenvalue weighted by Crippen LogP contribution is 2.34. The molecule has 0 bridgehead atoms. The van der Waals surface area contributed by atoms with Crippen LogP contribution in [0.3, 0.4) is 0 Å². The van der Waals surface area contributed by atoms with Crippen molar-refractivity contribution in [3.8, 4) is 23.0 Å². The number of aromatic amines is 1. The average Bonchev–Trinajstić information content (AvgIpc) is 3.27. The number of aromatic nitrogens is 1. The molecule has 0 aliphatic carbocycles. The zero-order chi connectivity index (χ0) is 23.4. The Kier molecular flexibility index (Phi) is 6.48. The molecule has 1 amide bonds. The van der Waals surface area contributed by atoms with Gasteiger partial charge in [0.25, 0.3) is 11.5 Å². The second kappa shape index (κ2) is 9.64. The minimum Gasteiger partial charge on any atom is -0.493 e. The Labute approximate surface area is 189 Å². The Morgan fingerprint density at radius 3 is 2.73 bits per heavy atom. The summed E-state index contributed by atoms with van der Waals surface area (Å²) in [6.07, 6.45) is 0.941. The summed E-state index contributed by atoms with van der Waals surface area (Å²) < 4.78 is 21.8. The number of hydrogen-bond donors (Lipinski definition) is 2. The number of carbonyl (C=O) groups is 2. The molecule has 2 N–H and O–H groups in total. The minimum absolute atomic E-state index is 0.0176. The largest absolute Gasteiger partial charge is 0.493 e. The Bertz CT molecular complexity index is 1270. The monoisotopic (exact) mass is 452 g/mol. The van der Waals surface area contributed by atoms with Gasteiger partial charge in [-0.25, -0.2) is 0 Å². The normalized spacial score (nSPS) is 11.9. The maximum atomic E-state index is 12.7. The molecule has 2 aromatic carbocycles. The van der Waals surface area contributed by atoms with Crippen LogP contribution >= 0.6 is 0 Å². The van der Waals surface area contributed by atoms with E-state index in [4.69, 9.17) is 18.9 Å². The van der Waals surface area contributed by atoms with E-state index in [2.05, 4.69) is 10.3 Å². The van der Waals surface area contributed by atoms with Crippen molar-refractivity contribution in [2.45, 2.75) is 26.3 Å². The molecule has 0 atom stereocenters. The summed E-state index contributed by atoms with van der Waals surface area (Å²) in [5.74, 6) is 1.66. The van der Waals surface area contributed by atoms with E-state index >= 15 is 0 Å². The van der Waals surface area contributed by atoms with Gasteiger partial charge in [-0.3, -0.25) is 9.59 Å². The van der Waals surface area contributed by atoms with Crippen molar-refractivity contribution < 1.29 is 28.5 Å². The molecule has 1 aliphatic rings. The number of ether oxygens (including phenoxy) is 4. The fourth-order valence-electron chi connectivity index (χ4n) is 3.53. The lowest BCUT2D eigenvalue weighted by Gasteiger charge is -2.14. The van der Waals surface area contributed by atoms with Crippen molar-refractivity contribution in [3.63, 3.8) is 0 Å². The fraction of sp³-hybridized carbons (Fsp3) is 0.292. The topological polar surface area (TPSA) is 116 Å². The third-order valence-electron chi connectivity index (χ3n) is 5.21. The summed E-state index contributed by atoms with van der Waals surface area (Å²) in [5.41, 5.74) is 0.675. The molecule has 4 rings (SSSR count). The lowest BCUT2D eigenvalue weighted by molar-refractivity contribution is -0.117. The first-order valence-corrected chi connectivity index (χ1v) is 10.5. The van der Waals surface area contributed by atoms with Gasteiger partial charge in [0.15, 0.2) is 23.0 Å². The lowest BCUT2D eigenvalue weighted by atomic mass is 10.1. The molecule has 1 aliphatic heterocycles. The number of carbonyl (C=O) groups excluding carboxylic acids is 2.